The van der Waals surface area contributed by atoms with Crippen molar-refractivity contribution in [3.8, 4) is 0 Å². The molecule has 0 atom stereocenters. The first-order chi connectivity index (χ1) is 14.6. The van der Waals surface area contributed by atoms with Gasteiger partial charge in [-0.25, -0.2) is 0 Å². The highest BCUT2D eigenvalue weighted by Crippen LogP contribution is 2.18. The van der Waals surface area contributed by atoms with Crippen molar-refractivity contribution >= 4 is 47.5 Å². The number of esters is 1. The average molecular weight is 543 g/mol. The predicted molar refractivity (Wildman–Crippen MR) is 133 cm³/mol. The molecule has 2 saturated heterocycles. The lowest BCUT2D eigenvalue weighted by Crippen LogP contribution is -2.50. The Morgan fingerprint density at radius 2 is 1.68 bits per heavy atom. The number of para-hydroxylation sites is 1. The van der Waals surface area contributed by atoms with Gasteiger partial charge in [-0.3, -0.25) is 14.6 Å². The molecule has 2 aliphatic heterocycles. The van der Waals surface area contributed by atoms with Crippen LogP contribution in [0.5, 0.6) is 0 Å². The van der Waals surface area contributed by atoms with Crippen LogP contribution in [-0.4, -0.2) is 87.6 Å². The van der Waals surface area contributed by atoms with Crippen LogP contribution < -0.4 is 10.2 Å². The maximum atomic E-state index is 12.6. The maximum absolute atomic E-state index is 12.6. The fourth-order valence-electron chi connectivity index (χ4n) is 4.12. The fourth-order valence-corrected chi connectivity index (χ4v) is 4.12. The van der Waals surface area contributed by atoms with E-state index < -0.39 is 0 Å². The lowest BCUT2D eigenvalue weighted by atomic mass is 9.97. The summed E-state index contributed by atoms with van der Waals surface area (Å²) in [4.78, 5) is 35.0. The van der Waals surface area contributed by atoms with E-state index in [1.165, 1.54) is 12.8 Å². The van der Waals surface area contributed by atoms with Gasteiger partial charge in [0.2, 0.25) is 5.91 Å². The summed E-state index contributed by atoms with van der Waals surface area (Å²) in [7, 11) is 3.19. The Balaban J connectivity index is 0.00000341. The number of halogens is 1. The van der Waals surface area contributed by atoms with Gasteiger partial charge in [-0.05, 0) is 25.0 Å². The van der Waals surface area contributed by atoms with Crippen molar-refractivity contribution in [1.29, 1.82) is 0 Å². The number of likely N-dealkylation sites (tertiary alicyclic amines) is 1. The van der Waals surface area contributed by atoms with E-state index in [9.17, 15) is 9.59 Å². The molecule has 2 fully saturated rings. The van der Waals surface area contributed by atoms with Gasteiger partial charge in [-0.15, -0.1) is 24.0 Å². The van der Waals surface area contributed by atoms with E-state index in [4.69, 9.17) is 4.74 Å². The van der Waals surface area contributed by atoms with Crippen LogP contribution in [0, 0.1) is 5.92 Å². The number of guanidine groups is 1. The normalized spacial score (nSPS) is 17.7. The minimum Gasteiger partial charge on any atom is -0.469 e. The maximum Gasteiger partial charge on any atom is 0.308 e. The molecule has 9 heteroatoms. The van der Waals surface area contributed by atoms with Gasteiger partial charge < -0.3 is 24.8 Å². The molecule has 2 heterocycles. The molecule has 0 aliphatic carbocycles. The van der Waals surface area contributed by atoms with Gasteiger partial charge in [0.15, 0.2) is 5.96 Å². The Morgan fingerprint density at radius 1 is 1.03 bits per heavy atom. The minimum atomic E-state index is -0.129. The van der Waals surface area contributed by atoms with Crippen molar-refractivity contribution in [2.45, 2.75) is 19.3 Å². The largest absolute Gasteiger partial charge is 0.469 e. The third kappa shape index (κ3) is 6.98. The number of amides is 1. The highest BCUT2D eigenvalue weighted by Gasteiger charge is 2.27. The van der Waals surface area contributed by atoms with Crippen molar-refractivity contribution in [3.63, 3.8) is 0 Å². The third-order valence-corrected chi connectivity index (χ3v) is 5.92. The molecule has 1 aromatic carbocycles. The quantitative estimate of drug-likeness (QED) is 0.264. The van der Waals surface area contributed by atoms with Crippen molar-refractivity contribution in [2.24, 2.45) is 10.9 Å². The number of carbonyl (C=O) groups excluding carboxylic acids is 2. The number of anilines is 1. The molecule has 172 valence electrons. The molecule has 0 spiro atoms. The smallest absolute Gasteiger partial charge is 0.308 e. The Hall–Kier alpha value is -2.04. The van der Waals surface area contributed by atoms with Crippen LogP contribution in [0.25, 0.3) is 0 Å². The SMILES string of the molecule is CN=C(NCCC(=O)N1CCN(c2ccccc2)CC1)N1CCC(C(=O)OC)CC1.I. The summed E-state index contributed by atoms with van der Waals surface area (Å²) < 4.78 is 4.84. The van der Waals surface area contributed by atoms with Gasteiger partial charge in [0.05, 0.1) is 13.0 Å². The molecular weight excluding hydrogens is 509 g/mol. The summed E-state index contributed by atoms with van der Waals surface area (Å²) in [6.07, 6.45) is 1.97. The van der Waals surface area contributed by atoms with Gasteiger partial charge in [-0.1, -0.05) is 18.2 Å². The lowest BCUT2D eigenvalue weighted by Gasteiger charge is -2.36. The highest BCUT2D eigenvalue weighted by atomic mass is 127. The number of methoxy groups -OCH3 is 1. The number of carbonyl (C=O) groups is 2. The second-order valence-corrected chi connectivity index (χ2v) is 7.71. The standard InChI is InChI=1S/C22H33N5O3.HI/c1-23-22(27-12-9-18(10-13-27)21(29)30-2)24-11-8-20(28)26-16-14-25(15-17-26)19-6-4-3-5-7-19;/h3-7,18H,8-17H2,1-2H3,(H,23,24);1H. The zero-order valence-corrected chi connectivity index (χ0v) is 20.8. The predicted octanol–water partition coefficient (Wildman–Crippen LogP) is 1.80. The van der Waals surface area contributed by atoms with Gasteiger partial charge in [0, 0.05) is 65.0 Å². The summed E-state index contributed by atoms with van der Waals surface area (Å²) in [6.45, 7) is 5.30. The summed E-state index contributed by atoms with van der Waals surface area (Å²) in [5.41, 5.74) is 1.21. The zero-order valence-electron chi connectivity index (χ0n) is 18.5. The van der Waals surface area contributed by atoms with Crippen LogP contribution in [0.1, 0.15) is 19.3 Å². The Labute approximate surface area is 202 Å². The molecular formula is C22H34IN5O3. The molecule has 1 N–H and O–H groups in total. The van der Waals surface area contributed by atoms with Crippen molar-refractivity contribution in [1.82, 2.24) is 15.1 Å². The topological polar surface area (TPSA) is 77.5 Å². The fraction of sp³-hybridized carbons (Fsp3) is 0.591. The first kappa shape index (κ1) is 25.2. The molecule has 0 bridgehead atoms. The molecule has 31 heavy (non-hydrogen) atoms. The second-order valence-electron chi connectivity index (χ2n) is 7.71. The molecule has 3 rings (SSSR count). The number of rotatable bonds is 5. The van der Waals surface area contributed by atoms with E-state index in [2.05, 4.69) is 32.2 Å². The number of hydrogen-bond donors (Lipinski definition) is 1. The van der Waals surface area contributed by atoms with Crippen LogP contribution in [0.4, 0.5) is 5.69 Å². The van der Waals surface area contributed by atoms with Crippen molar-refractivity contribution in [3.05, 3.63) is 30.3 Å². The van der Waals surface area contributed by atoms with Crippen molar-refractivity contribution < 1.29 is 14.3 Å². The molecule has 8 nitrogen and oxygen atoms in total. The summed E-state index contributed by atoms with van der Waals surface area (Å²) >= 11 is 0. The minimum absolute atomic E-state index is 0. The van der Waals surface area contributed by atoms with Gasteiger partial charge in [0.25, 0.3) is 0 Å². The number of piperazine rings is 1. The number of piperidine rings is 1. The first-order valence-electron chi connectivity index (χ1n) is 10.7. The van der Waals surface area contributed by atoms with Gasteiger partial charge in [-0.2, -0.15) is 0 Å². The number of ether oxygens (including phenoxy) is 1. The van der Waals surface area contributed by atoms with E-state index in [-0.39, 0.29) is 41.8 Å². The van der Waals surface area contributed by atoms with E-state index >= 15 is 0 Å². The van der Waals surface area contributed by atoms with E-state index in [0.29, 0.717) is 13.0 Å². The molecule has 0 unspecified atom stereocenters. The van der Waals surface area contributed by atoms with Crippen molar-refractivity contribution in [2.75, 3.05) is 64.9 Å². The molecule has 0 saturated carbocycles. The monoisotopic (exact) mass is 543 g/mol. The molecule has 2 aliphatic rings. The van der Waals surface area contributed by atoms with E-state index in [1.807, 2.05) is 23.1 Å². The highest BCUT2D eigenvalue weighted by molar-refractivity contribution is 14.0. The molecule has 1 aromatic rings. The Bertz CT molecular complexity index is 730. The van der Waals surface area contributed by atoms with Gasteiger partial charge in [0.1, 0.15) is 0 Å². The molecule has 0 aromatic heterocycles. The number of benzene rings is 1. The van der Waals surface area contributed by atoms with Gasteiger partial charge >= 0.3 is 5.97 Å². The Kier molecular flexibility index (Phi) is 10.4. The Morgan fingerprint density at radius 3 is 2.26 bits per heavy atom. The average Bonchev–Trinajstić information content (AvgIpc) is 2.82. The number of hydrogen-bond acceptors (Lipinski definition) is 5. The lowest BCUT2D eigenvalue weighted by molar-refractivity contribution is -0.146. The molecule has 0 radical (unpaired) electrons. The number of nitrogens with zero attached hydrogens (tertiary/aromatic N) is 4. The summed E-state index contributed by atoms with van der Waals surface area (Å²) in [5.74, 6) is 0.811. The zero-order chi connectivity index (χ0) is 21.3. The number of nitrogens with one attached hydrogen (secondary N) is 1. The number of aliphatic imine (C=N–C) groups is 1. The first-order valence-corrected chi connectivity index (χ1v) is 10.7. The summed E-state index contributed by atoms with van der Waals surface area (Å²) in [5, 5.41) is 3.30. The van der Waals surface area contributed by atoms with E-state index in [1.54, 1.807) is 7.05 Å². The van der Waals surface area contributed by atoms with Crippen LogP contribution in [0.15, 0.2) is 35.3 Å². The molecule has 1 amide bonds. The second kappa shape index (κ2) is 12.7. The summed E-state index contributed by atoms with van der Waals surface area (Å²) in [6, 6.07) is 10.3. The van der Waals surface area contributed by atoms with Crippen LogP contribution in [0.3, 0.4) is 0 Å². The van der Waals surface area contributed by atoms with Crippen LogP contribution in [-0.2, 0) is 14.3 Å². The van der Waals surface area contributed by atoms with Crippen LogP contribution in [0.2, 0.25) is 0 Å². The third-order valence-electron chi connectivity index (χ3n) is 5.92. The van der Waals surface area contributed by atoms with E-state index in [0.717, 1.165) is 58.1 Å². The van der Waals surface area contributed by atoms with Crippen LogP contribution >= 0.6 is 24.0 Å².